The molecule has 388 valence electrons. The first kappa shape index (κ1) is 64.0. The highest BCUT2D eigenvalue weighted by Crippen LogP contribution is 2.43. The van der Waals surface area contributed by atoms with Crippen molar-refractivity contribution in [1.82, 2.24) is 0 Å². The predicted molar refractivity (Wildman–Crippen MR) is 273 cm³/mol. The molecule has 0 fully saturated rings. The number of carboxylic acid groups (broad SMARTS) is 1. The first-order chi connectivity index (χ1) is 31.7. The number of esters is 1. The first-order valence-electron chi connectivity index (χ1n) is 28.1. The maximum absolute atomic E-state index is 12.7. The Balaban J connectivity index is 4.02. The number of ether oxygens (including phenoxy) is 2. The lowest BCUT2D eigenvalue weighted by atomic mass is 10.0. The summed E-state index contributed by atoms with van der Waals surface area (Å²) in [5, 5.41) is 8.94. The molecule has 0 aliphatic heterocycles. The molecule has 0 rings (SSSR count). The second-order valence-electron chi connectivity index (χ2n) is 19.4. The van der Waals surface area contributed by atoms with Crippen LogP contribution >= 0.6 is 7.82 Å². The number of aliphatic carboxylic acids is 1. The van der Waals surface area contributed by atoms with Gasteiger partial charge < -0.3 is 25.2 Å². The van der Waals surface area contributed by atoms with E-state index in [1.54, 1.807) is 0 Å². The summed E-state index contributed by atoms with van der Waals surface area (Å²) in [6.07, 6.45) is 56.0. The lowest BCUT2D eigenvalue weighted by Crippen LogP contribution is -2.34. The van der Waals surface area contributed by atoms with Crippen LogP contribution < -0.4 is 5.73 Å². The van der Waals surface area contributed by atoms with E-state index in [1.807, 2.05) is 0 Å². The molecule has 65 heavy (non-hydrogen) atoms. The van der Waals surface area contributed by atoms with Gasteiger partial charge in [-0.1, -0.05) is 277 Å². The molecule has 0 aromatic rings. The van der Waals surface area contributed by atoms with E-state index in [2.05, 4.69) is 13.8 Å². The van der Waals surface area contributed by atoms with E-state index < -0.39 is 45.1 Å². The van der Waals surface area contributed by atoms with Gasteiger partial charge in [-0.3, -0.25) is 18.6 Å². The molecule has 0 aromatic heterocycles. The Morgan fingerprint density at radius 2 is 0.708 bits per heavy atom. The van der Waals surface area contributed by atoms with Gasteiger partial charge in [0, 0.05) is 13.0 Å². The van der Waals surface area contributed by atoms with E-state index in [1.165, 1.54) is 238 Å². The van der Waals surface area contributed by atoms with E-state index >= 15 is 0 Å². The fraction of sp³-hybridized carbons (Fsp3) is 0.963. The van der Waals surface area contributed by atoms with Gasteiger partial charge in [0.15, 0.2) is 0 Å². The summed E-state index contributed by atoms with van der Waals surface area (Å²) in [6.45, 7) is 3.97. The average molecular weight is 946 g/mol. The van der Waals surface area contributed by atoms with Gasteiger partial charge in [-0.15, -0.1) is 0 Å². The highest BCUT2D eigenvalue weighted by atomic mass is 31.2. The molecule has 0 aromatic carbocycles. The quantitative estimate of drug-likeness (QED) is 0.0305. The summed E-state index contributed by atoms with van der Waals surface area (Å²) in [5.41, 5.74) is 5.39. The van der Waals surface area contributed by atoms with Crippen molar-refractivity contribution in [3.05, 3.63) is 0 Å². The number of rotatable bonds is 55. The van der Waals surface area contributed by atoms with Crippen LogP contribution in [0.5, 0.6) is 0 Å². The van der Waals surface area contributed by atoms with Gasteiger partial charge in [0.05, 0.1) is 19.8 Å². The molecule has 0 saturated carbocycles. The number of unbranched alkanes of at least 4 members (excludes halogenated alkanes) is 41. The Kier molecular flexibility index (Phi) is 50.0. The molecule has 0 bridgehead atoms. The SMILES string of the molecule is CCCCCCCCCCCCCCCCCCCCCCCCCOCC(COP(=O)(O)OCC(N)C(=O)O)OC(=O)CCCCCCCCCCCCCCCCCCCCCC. The maximum Gasteiger partial charge on any atom is 0.472 e. The fourth-order valence-corrected chi connectivity index (χ4v) is 9.33. The zero-order valence-electron chi connectivity index (χ0n) is 42.9. The predicted octanol–water partition coefficient (Wildman–Crippen LogP) is 16.7. The van der Waals surface area contributed by atoms with Crippen molar-refractivity contribution in [1.29, 1.82) is 0 Å². The second-order valence-corrected chi connectivity index (χ2v) is 20.9. The van der Waals surface area contributed by atoms with Crippen LogP contribution in [0, 0.1) is 0 Å². The number of hydrogen-bond acceptors (Lipinski definition) is 8. The lowest BCUT2D eigenvalue weighted by Gasteiger charge is -2.20. The highest BCUT2D eigenvalue weighted by Gasteiger charge is 2.27. The number of nitrogens with two attached hydrogens (primary N) is 1. The van der Waals surface area contributed by atoms with Crippen LogP contribution in [0.2, 0.25) is 0 Å². The van der Waals surface area contributed by atoms with Crippen LogP contribution in [0.3, 0.4) is 0 Å². The van der Waals surface area contributed by atoms with Crippen molar-refractivity contribution < 1.29 is 42.7 Å². The normalized spacial score (nSPS) is 13.5. The lowest BCUT2D eigenvalue weighted by molar-refractivity contribution is -0.154. The topological polar surface area (TPSA) is 155 Å². The number of carbonyl (C=O) groups excluding carboxylic acids is 1. The Morgan fingerprint density at radius 1 is 0.431 bits per heavy atom. The third-order valence-corrected chi connectivity index (χ3v) is 13.8. The molecule has 4 N–H and O–H groups in total. The van der Waals surface area contributed by atoms with E-state index in [9.17, 15) is 19.0 Å². The minimum atomic E-state index is -4.62. The van der Waals surface area contributed by atoms with Crippen molar-refractivity contribution in [3.63, 3.8) is 0 Å². The van der Waals surface area contributed by atoms with Crippen LogP contribution in [0.25, 0.3) is 0 Å². The third kappa shape index (κ3) is 50.7. The first-order valence-corrected chi connectivity index (χ1v) is 29.6. The summed E-state index contributed by atoms with van der Waals surface area (Å²) in [7, 11) is -4.62. The molecule has 0 heterocycles. The molecule has 11 heteroatoms. The summed E-state index contributed by atoms with van der Waals surface area (Å²) in [6, 6.07) is -1.47. The molecule has 3 unspecified atom stereocenters. The van der Waals surface area contributed by atoms with Gasteiger partial charge in [-0.2, -0.15) is 0 Å². The number of phosphoric ester groups is 1. The highest BCUT2D eigenvalue weighted by molar-refractivity contribution is 7.47. The van der Waals surface area contributed by atoms with Crippen LogP contribution in [-0.4, -0.2) is 60.5 Å². The number of phosphoric acid groups is 1. The summed E-state index contributed by atoms with van der Waals surface area (Å²) >= 11 is 0. The fourth-order valence-electron chi connectivity index (χ4n) is 8.55. The molecule has 10 nitrogen and oxygen atoms in total. The Morgan fingerprint density at radius 3 is 1.02 bits per heavy atom. The van der Waals surface area contributed by atoms with Crippen LogP contribution in [0.4, 0.5) is 0 Å². The van der Waals surface area contributed by atoms with Crippen LogP contribution in [0.1, 0.15) is 296 Å². The van der Waals surface area contributed by atoms with Crippen molar-refractivity contribution >= 4 is 19.8 Å². The van der Waals surface area contributed by atoms with Crippen molar-refractivity contribution in [2.24, 2.45) is 5.73 Å². The molecule has 0 amide bonds. The molecule has 3 atom stereocenters. The zero-order chi connectivity index (χ0) is 47.6. The van der Waals surface area contributed by atoms with Gasteiger partial charge in [-0.25, -0.2) is 4.57 Å². The molecule has 0 spiro atoms. The number of carboxylic acids is 1. The molecular formula is C54H108NO9P. The maximum atomic E-state index is 12.7. The average Bonchev–Trinajstić information content (AvgIpc) is 3.29. The van der Waals surface area contributed by atoms with E-state index in [-0.39, 0.29) is 13.0 Å². The number of hydrogen-bond donors (Lipinski definition) is 3. The third-order valence-electron chi connectivity index (χ3n) is 12.9. The minimum Gasteiger partial charge on any atom is -0.480 e. The van der Waals surface area contributed by atoms with E-state index in [0.29, 0.717) is 6.61 Å². The van der Waals surface area contributed by atoms with Gasteiger partial charge in [0.1, 0.15) is 12.1 Å². The molecule has 0 aliphatic carbocycles. The number of carbonyl (C=O) groups is 2. The molecule has 0 saturated heterocycles. The molecule has 0 radical (unpaired) electrons. The standard InChI is InChI=1S/C54H108NO9P/c1-3-5-7-9-11-13-15-17-19-21-23-25-26-27-29-31-33-35-37-39-41-43-45-47-61-48-51(49-62-65(59,60)63-50-52(55)54(57)58)64-53(56)46-44-42-40-38-36-34-32-30-28-24-22-20-18-16-14-12-10-8-6-4-2/h51-52H,3-50,55H2,1-2H3,(H,57,58)(H,59,60). The van der Waals surface area contributed by atoms with Crippen LogP contribution in [0.15, 0.2) is 0 Å². The Hall–Kier alpha value is -1.03. The van der Waals surface area contributed by atoms with Crippen molar-refractivity contribution in [2.45, 2.75) is 309 Å². The monoisotopic (exact) mass is 946 g/mol. The summed E-state index contributed by atoms with van der Waals surface area (Å²) in [4.78, 5) is 33.8. The Labute approximate surface area is 401 Å². The van der Waals surface area contributed by atoms with Gasteiger partial charge >= 0.3 is 19.8 Å². The van der Waals surface area contributed by atoms with Crippen LogP contribution in [-0.2, 0) is 32.7 Å². The summed E-state index contributed by atoms with van der Waals surface area (Å²) in [5.74, 6) is -1.76. The largest absolute Gasteiger partial charge is 0.480 e. The van der Waals surface area contributed by atoms with E-state index in [0.717, 1.165) is 38.5 Å². The molecule has 0 aliphatic rings. The van der Waals surface area contributed by atoms with Gasteiger partial charge in [-0.05, 0) is 12.8 Å². The smallest absolute Gasteiger partial charge is 0.472 e. The zero-order valence-corrected chi connectivity index (χ0v) is 43.8. The second kappa shape index (κ2) is 50.8. The minimum absolute atomic E-state index is 0.0267. The van der Waals surface area contributed by atoms with Gasteiger partial charge in [0.25, 0.3) is 0 Å². The Bertz CT molecular complexity index is 1050. The van der Waals surface area contributed by atoms with Gasteiger partial charge in [0.2, 0.25) is 0 Å². The molecular weight excluding hydrogens is 838 g/mol. The summed E-state index contributed by atoms with van der Waals surface area (Å²) < 4.78 is 33.6. The van der Waals surface area contributed by atoms with E-state index in [4.69, 9.17) is 29.4 Å². The van der Waals surface area contributed by atoms with Crippen molar-refractivity contribution in [3.8, 4) is 0 Å². The van der Waals surface area contributed by atoms with Crippen molar-refractivity contribution in [2.75, 3.05) is 26.4 Å².